The van der Waals surface area contributed by atoms with Gasteiger partial charge in [-0.15, -0.1) is 0 Å². The number of aromatic nitrogens is 4. The molecule has 1 aliphatic heterocycles. The summed E-state index contributed by atoms with van der Waals surface area (Å²) in [4.78, 5) is 77.1. The highest BCUT2D eigenvalue weighted by atomic mass is 31.3. The number of ether oxygens (including phenoxy) is 3. The van der Waals surface area contributed by atoms with E-state index in [-0.39, 0.29) is 28.1 Å². The molecule has 0 bridgehead atoms. The van der Waals surface area contributed by atoms with Crippen LogP contribution in [0.25, 0.3) is 11.2 Å². The molecule has 274 valence electrons. The molecular weight excluding hydrogens is 743 g/mol. The van der Waals surface area contributed by atoms with Crippen molar-refractivity contribution in [3.8, 4) is 0 Å². The number of nitrogens with zero attached hydrogens (tertiary/aromatic N) is 4. The summed E-state index contributed by atoms with van der Waals surface area (Å²) in [5.74, 6) is -1.93. The Morgan fingerprint density at radius 3 is 1.98 bits per heavy atom. The van der Waals surface area contributed by atoms with Crippen LogP contribution in [0.3, 0.4) is 0 Å². The molecule has 0 saturated carbocycles. The summed E-state index contributed by atoms with van der Waals surface area (Å²) in [6.07, 6.45) is -4.06. The van der Waals surface area contributed by atoms with E-state index in [1.54, 1.807) is 50.5 Å². The predicted octanol–water partition coefficient (Wildman–Crippen LogP) is 2.18. The average molecular weight is 773 g/mol. The Balaban J connectivity index is 1.56. The predicted molar refractivity (Wildman–Crippen MR) is 174 cm³/mol. The second-order valence-electron chi connectivity index (χ2n) is 10.4. The number of nitrogens with one attached hydrogen (secondary N) is 2. The van der Waals surface area contributed by atoms with Crippen molar-refractivity contribution in [2.24, 2.45) is 0 Å². The van der Waals surface area contributed by atoms with Gasteiger partial charge in [0, 0.05) is 25.5 Å². The zero-order chi connectivity index (χ0) is 37.1. The molecule has 2 unspecified atom stereocenters. The second-order valence-corrected chi connectivity index (χ2v) is 14.8. The van der Waals surface area contributed by atoms with Crippen LogP contribution < -0.4 is 16.4 Å². The first-order valence-electron chi connectivity index (χ1n) is 14.3. The third-order valence-corrected chi connectivity index (χ3v) is 10.9. The highest BCUT2D eigenvalue weighted by molar-refractivity contribution is 7.66. The third kappa shape index (κ3) is 8.96. The van der Waals surface area contributed by atoms with Gasteiger partial charge in [0.1, 0.15) is 17.9 Å². The first kappa shape index (κ1) is 37.9. The van der Waals surface area contributed by atoms with E-state index in [4.69, 9.17) is 34.3 Å². The largest absolute Gasteiger partial charge is 0.490 e. The number of esters is 2. The number of hydrogen-bond acceptors (Lipinski definition) is 17. The normalized spacial score (nSPS) is 21.4. The highest BCUT2D eigenvalue weighted by Gasteiger charge is 2.53. The maximum Gasteiger partial charge on any atom is 0.490 e. The van der Waals surface area contributed by atoms with Crippen molar-refractivity contribution in [3.63, 3.8) is 0 Å². The van der Waals surface area contributed by atoms with Crippen molar-refractivity contribution in [3.05, 3.63) is 72.3 Å². The van der Waals surface area contributed by atoms with Crippen LogP contribution in [0, 0.1) is 0 Å². The molecule has 0 spiro atoms. The van der Waals surface area contributed by atoms with Gasteiger partial charge in [0.15, 0.2) is 29.9 Å². The number of imidazole rings is 1. The van der Waals surface area contributed by atoms with Gasteiger partial charge < -0.3 is 50.2 Å². The summed E-state index contributed by atoms with van der Waals surface area (Å²) in [5, 5.41) is 5.70. The number of hydrogen-bond donors (Lipinski definition) is 7. The summed E-state index contributed by atoms with van der Waals surface area (Å²) < 4.78 is 67.3. The Kier molecular flexibility index (Phi) is 11.3. The number of phosphoric acid groups is 3. The van der Waals surface area contributed by atoms with Crippen molar-refractivity contribution in [2.45, 2.75) is 24.5 Å². The van der Waals surface area contributed by atoms with Gasteiger partial charge in [-0.1, -0.05) is 24.3 Å². The van der Waals surface area contributed by atoms with Gasteiger partial charge in [0.05, 0.1) is 24.1 Å². The summed E-state index contributed by atoms with van der Waals surface area (Å²) in [7, 11) is -14.2. The molecule has 8 N–H and O–H groups in total. The highest BCUT2D eigenvalue weighted by Crippen LogP contribution is 2.66. The number of nitrogen functional groups attached to an aromatic ring is 1. The van der Waals surface area contributed by atoms with Crippen molar-refractivity contribution >= 4 is 63.8 Å². The van der Waals surface area contributed by atoms with E-state index in [1.807, 2.05) is 0 Å². The van der Waals surface area contributed by atoms with Crippen LogP contribution in [0.5, 0.6) is 0 Å². The van der Waals surface area contributed by atoms with Crippen LogP contribution in [0.2, 0.25) is 0 Å². The minimum absolute atomic E-state index is 0.0225. The van der Waals surface area contributed by atoms with Gasteiger partial charge in [-0.3, -0.25) is 9.09 Å². The minimum Gasteiger partial charge on any atom is -0.452 e. The Labute approximate surface area is 287 Å². The molecule has 51 heavy (non-hydrogen) atoms. The molecule has 6 atom stereocenters. The lowest BCUT2D eigenvalue weighted by molar-refractivity contribution is -0.0558. The number of para-hydroxylation sites is 2. The lowest BCUT2D eigenvalue weighted by atomic mass is 10.1. The lowest BCUT2D eigenvalue weighted by Crippen LogP contribution is -2.41. The molecule has 0 amide bonds. The molecule has 4 aromatic rings. The number of benzene rings is 2. The van der Waals surface area contributed by atoms with E-state index in [0.29, 0.717) is 11.4 Å². The van der Waals surface area contributed by atoms with E-state index in [1.165, 1.54) is 23.0 Å². The average Bonchev–Trinajstić information content (AvgIpc) is 3.63. The SMILES string of the molecule is CNc1ccccc1C(=O)O[C@@H]1[C@H](OC(=O)c2ccccc2NC)[C@@H](COP(=O)(O)OP(=O)(O)OP(=O)(O)O)O[C@H]1n1cnc2c(N)ncnc21. The third-order valence-electron chi connectivity index (χ3n) is 7.08. The van der Waals surface area contributed by atoms with Gasteiger partial charge in [-0.25, -0.2) is 38.2 Å². The molecule has 22 nitrogen and oxygen atoms in total. The zero-order valence-electron chi connectivity index (χ0n) is 26.3. The number of carbonyl (C=O) groups excluding carboxylic acids is 2. The maximum absolute atomic E-state index is 13.7. The van der Waals surface area contributed by atoms with Gasteiger partial charge in [-0.2, -0.15) is 8.62 Å². The Hall–Kier alpha value is -4.30. The molecule has 2 aromatic heterocycles. The molecule has 1 saturated heterocycles. The quantitative estimate of drug-likeness (QED) is 0.0713. The van der Waals surface area contributed by atoms with Crippen molar-refractivity contribution in [1.82, 2.24) is 19.5 Å². The Bertz CT molecular complexity index is 2080. The fourth-order valence-electron chi connectivity index (χ4n) is 4.99. The number of fused-ring (bicyclic) bond motifs is 1. The fraction of sp³-hybridized carbons (Fsp3) is 0.269. The number of carbonyl (C=O) groups is 2. The molecule has 3 heterocycles. The van der Waals surface area contributed by atoms with Crippen LogP contribution in [0.1, 0.15) is 26.9 Å². The van der Waals surface area contributed by atoms with E-state index in [9.17, 15) is 33.1 Å². The van der Waals surface area contributed by atoms with Crippen molar-refractivity contribution in [2.75, 3.05) is 37.1 Å². The van der Waals surface area contributed by atoms with E-state index in [0.717, 1.165) is 6.33 Å². The molecule has 0 radical (unpaired) electrons. The van der Waals surface area contributed by atoms with Gasteiger partial charge in [0.2, 0.25) is 0 Å². The molecular formula is C26H30N7O15P3. The van der Waals surface area contributed by atoms with E-state index >= 15 is 0 Å². The van der Waals surface area contributed by atoms with E-state index < -0.39 is 66.6 Å². The number of anilines is 3. The number of rotatable bonds is 14. The zero-order valence-corrected chi connectivity index (χ0v) is 29.0. The summed E-state index contributed by atoms with van der Waals surface area (Å²) in [5.41, 5.74) is 6.93. The van der Waals surface area contributed by atoms with Crippen LogP contribution in [0.15, 0.2) is 61.2 Å². The molecule has 1 aliphatic rings. The molecule has 2 aromatic carbocycles. The van der Waals surface area contributed by atoms with Gasteiger partial charge >= 0.3 is 35.4 Å². The van der Waals surface area contributed by atoms with E-state index in [2.05, 4.69) is 34.2 Å². The van der Waals surface area contributed by atoms with Crippen LogP contribution in [-0.4, -0.2) is 90.0 Å². The van der Waals surface area contributed by atoms with Crippen LogP contribution in [0.4, 0.5) is 17.2 Å². The number of nitrogens with two attached hydrogens (primary N) is 1. The Morgan fingerprint density at radius 2 is 1.41 bits per heavy atom. The van der Waals surface area contributed by atoms with Crippen molar-refractivity contribution < 1.29 is 70.2 Å². The minimum atomic E-state index is -5.89. The lowest BCUT2D eigenvalue weighted by Gasteiger charge is -2.25. The summed E-state index contributed by atoms with van der Waals surface area (Å²) in [6.45, 7) is -1.09. The standard InChI is InChI=1S/C26H30N7O15P3/c1-28-16-9-5-3-7-14(16)25(34)45-20-18(11-43-50(39,40)48-51(41,42)47-49(36,37)38)44-24(33-13-32-19-22(27)30-12-31-23(19)33)21(20)46-26(35)15-8-4-6-10-17(15)29-2/h3-10,12-13,18,20-21,24,28-29H,11H2,1-2H3,(H,39,40)(H,41,42)(H2,27,30,31)(H2,36,37,38)/t18-,20-,21-,24-/m1/s1. The van der Waals surface area contributed by atoms with Crippen LogP contribution in [-0.2, 0) is 41.1 Å². The van der Waals surface area contributed by atoms with Gasteiger partial charge in [0.25, 0.3) is 0 Å². The molecule has 0 aliphatic carbocycles. The number of phosphoric ester groups is 1. The topological polar surface area (TPSA) is 315 Å². The summed E-state index contributed by atoms with van der Waals surface area (Å²) in [6, 6.07) is 12.5. The smallest absolute Gasteiger partial charge is 0.452 e. The molecule has 1 fully saturated rings. The monoisotopic (exact) mass is 773 g/mol. The molecule has 25 heteroatoms. The first-order chi connectivity index (χ1) is 24.0. The fourth-order valence-corrected chi connectivity index (χ4v) is 8.02. The maximum atomic E-state index is 13.7. The first-order valence-corrected chi connectivity index (χ1v) is 18.9. The van der Waals surface area contributed by atoms with Crippen molar-refractivity contribution in [1.29, 1.82) is 0 Å². The second kappa shape index (κ2) is 15.1. The summed E-state index contributed by atoms with van der Waals surface area (Å²) >= 11 is 0. The Morgan fingerprint density at radius 1 is 0.843 bits per heavy atom. The molecule has 5 rings (SSSR count). The van der Waals surface area contributed by atoms with Gasteiger partial charge in [-0.05, 0) is 24.3 Å². The van der Waals surface area contributed by atoms with Crippen LogP contribution >= 0.6 is 23.5 Å².